The molecule has 0 unspecified atom stereocenters. The van der Waals surface area contributed by atoms with Crippen LogP contribution in [0.4, 0.5) is 0 Å². The second-order valence-corrected chi connectivity index (χ2v) is 4.96. The van der Waals surface area contributed by atoms with E-state index in [1.165, 1.54) is 9.13 Å². The number of nitrogens with zero attached hydrogens (tertiary/aromatic N) is 2. The highest BCUT2D eigenvalue weighted by atomic mass is 16.2. The molecule has 0 saturated carbocycles. The van der Waals surface area contributed by atoms with Gasteiger partial charge in [0, 0.05) is 18.9 Å². The van der Waals surface area contributed by atoms with Crippen molar-refractivity contribution in [2.45, 2.75) is 26.9 Å². The van der Waals surface area contributed by atoms with Crippen molar-refractivity contribution in [2.24, 2.45) is 0 Å². The molecule has 2 rings (SSSR count). The summed E-state index contributed by atoms with van der Waals surface area (Å²) in [6.07, 6.45) is 5.24. The zero-order valence-electron chi connectivity index (χ0n) is 11.7. The lowest BCUT2D eigenvalue weighted by Gasteiger charge is -2.07. The zero-order valence-corrected chi connectivity index (χ0v) is 11.7. The Hall–Kier alpha value is -2.36. The van der Waals surface area contributed by atoms with Crippen LogP contribution < -0.4 is 11.1 Å². The lowest BCUT2D eigenvalue weighted by atomic mass is 10.2. The molecule has 1 heterocycles. The molecular weight excluding hydrogens is 252 g/mol. The van der Waals surface area contributed by atoms with Gasteiger partial charge in [0.2, 0.25) is 0 Å². The van der Waals surface area contributed by atoms with Gasteiger partial charge in [-0.05, 0) is 19.4 Å². The van der Waals surface area contributed by atoms with Gasteiger partial charge in [-0.1, -0.05) is 42.0 Å². The minimum atomic E-state index is -0.487. The maximum absolute atomic E-state index is 12.0. The van der Waals surface area contributed by atoms with E-state index in [4.69, 9.17) is 0 Å². The third-order valence-corrected chi connectivity index (χ3v) is 3.02. The summed E-state index contributed by atoms with van der Waals surface area (Å²) in [4.78, 5) is 24.0. The third kappa shape index (κ3) is 3.35. The van der Waals surface area contributed by atoms with Gasteiger partial charge in [0.05, 0.1) is 6.54 Å². The monoisotopic (exact) mass is 270 g/mol. The molecule has 104 valence electrons. The van der Waals surface area contributed by atoms with E-state index < -0.39 is 11.1 Å². The molecule has 0 radical (unpaired) electrons. The van der Waals surface area contributed by atoms with Crippen LogP contribution >= 0.6 is 0 Å². The first-order valence-electron chi connectivity index (χ1n) is 6.55. The van der Waals surface area contributed by atoms with Crippen molar-refractivity contribution in [3.05, 3.63) is 80.6 Å². The van der Waals surface area contributed by atoms with Crippen molar-refractivity contribution >= 4 is 0 Å². The van der Waals surface area contributed by atoms with Crippen molar-refractivity contribution < 1.29 is 0 Å². The Balaban J connectivity index is 2.30. The van der Waals surface area contributed by atoms with Crippen LogP contribution in [0, 0.1) is 0 Å². The summed E-state index contributed by atoms with van der Waals surface area (Å²) in [5, 5.41) is 0. The molecule has 0 spiro atoms. The van der Waals surface area contributed by atoms with E-state index in [9.17, 15) is 9.59 Å². The zero-order chi connectivity index (χ0) is 14.5. The molecule has 1 aromatic heterocycles. The molecule has 0 bridgehead atoms. The van der Waals surface area contributed by atoms with Gasteiger partial charge in [0.1, 0.15) is 0 Å². The number of aromatic nitrogens is 2. The van der Waals surface area contributed by atoms with Gasteiger partial charge in [-0.3, -0.25) is 9.59 Å². The molecule has 0 aliphatic carbocycles. The van der Waals surface area contributed by atoms with Crippen LogP contribution in [0.25, 0.3) is 0 Å². The molecule has 4 heteroatoms. The van der Waals surface area contributed by atoms with Gasteiger partial charge in [-0.2, -0.15) is 0 Å². The predicted octanol–water partition coefficient (Wildman–Crippen LogP) is 2.02. The van der Waals surface area contributed by atoms with Crippen molar-refractivity contribution in [2.75, 3.05) is 0 Å². The molecule has 0 saturated heterocycles. The Kier molecular flexibility index (Phi) is 4.35. The summed E-state index contributed by atoms with van der Waals surface area (Å²) >= 11 is 0. The first-order chi connectivity index (χ1) is 9.58. The van der Waals surface area contributed by atoms with Crippen molar-refractivity contribution in [3.63, 3.8) is 0 Å². The fourth-order valence-electron chi connectivity index (χ4n) is 1.87. The molecule has 2 aromatic rings. The number of allylic oxidation sites excluding steroid dienone is 2. The smallest absolute Gasteiger partial charge is 0.306 e. The molecule has 0 atom stereocenters. The molecule has 0 aliphatic rings. The molecule has 20 heavy (non-hydrogen) atoms. The van der Waals surface area contributed by atoms with Crippen LogP contribution in [0.3, 0.4) is 0 Å². The molecular formula is C16H18N2O2. The standard InChI is InChI=1S/C16H18N2O2/c1-13(2)8-9-17-10-11-18(16(20)15(17)19)12-14-6-4-3-5-7-14/h3-8,10-11H,9,12H2,1-2H3. The quantitative estimate of drug-likeness (QED) is 0.630. The summed E-state index contributed by atoms with van der Waals surface area (Å²) in [5.41, 5.74) is 1.14. The Morgan fingerprint density at radius 3 is 2.25 bits per heavy atom. The largest absolute Gasteiger partial charge is 0.316 e. The lowest BCUT2D eigenvalue weighted by molar-refractivity contribution is 0.671. The minimum absolute atomic E-state index is 0.415. The lowest BCUT2D eigenvalue weighted by Crippen LogP contribution is -2.40. The molecule has 0 N–H and O–H groups in total. The molecule has 0 aliphatic heterocycles. The van der Waals surface area contributed by atoms with Gasteiger partial charge in [0.25, 0.3) is 0 Å². The van der Waals surface area contributed by atoms with E-state index in [0.717, 1.165) is 11.1 Å². The second kappa shape index (κ2) is 6.19. The Bertz CT molecular complexity index is 720. The van der Waals surface area contributed by atoms with Crippen LogP contribution in [-0.2, 0) is 13.1 Å². The van der Waals surface area contributed by atoms with E-state index >= 15 is 0 Å². The van der Waals surface area contributed by atoms with Crippen LogP contribution in [0.1, 0.15) is 19.4 Å². The summed E-state index contributed by atoms with van der Waals surface area (Å²) < 4.78 is 2.87. The van der Waals surface area contributed by atoms with Gasteiger partial charge < -0.3 is 9.13 Å². The van der Waals surface area contributed by atoms with Gasteiger partial charge in [0.15, 0.2) is 0 Å². The van der Waals surface area contributed by atoms with E-state index in [1.807, 2.05) is 50.3 Å². The highest BCUT2D eigenvalue weighted by molar-refractivity contribution is 5.15. The van der Waals surface area contributed by atoms with Crippen molar-refractivity contribution in [1.29, 1.82) is 0 Å². The van der Waals surface area contributed by atoms with Crippen LogP contribution in [-0.4, -0.2) is 9.13 Å². The summed E-state index contributed by atoms with van der Waals surface area (Å²) in [5.74, 6) is 0. The maximum Gasteiger partial charge on any atom is 0.316 e. The topological polar surface area (TPSA) is 44.0 Å². The van der Waals surface area contributed by atoms with E-state index in [2.05, 4.69) is 0 Å². The Morgan fingerprint density at radius 2 is 1.60 bits per heavy atom. The van der Waals surface area contributed by atoms with E-state index in [-0.39, 0.29) is 0 Å². The first kappa shape index (κ1) is 14.1. The van der Waals surface area contributed by atoms with Crippen LogP contribution in [0.2, 0.25) is 0 Å². The van der Waals surface area contributed by atoms with Crippen molar-refractivity contribution in [1.82, 2.24) is 9.13 Å². The molecule has 4 nitrogen and oxygen atoms in total. The van der Waals surface area contributed by atoms with Crippen molar-refractivity contribution in [3.8, 4) is 0 Å². The summed E-state index contributed by atoms with van der Waals surface area (Å²) in [6, 6.07) is 9.61. The number of hydrogen-bond donors (Lipinski definition) is 0. The normalized spacial score (nSPS) is 10.3. The highest BCUT2D eigenvalue weighted by Crippen LogP contribution is 1.99. The molecule has 0 amide bonds. The summed E-state index contributed by atoms with van der Waals surface area (Å²) in [7, 11) is 0. The molecule has 1 aromatic carbocycles. The first-order valence-corrected chi connectivity index (χ1v) is 6.55. The Morgan fingerprint density at radius 1 is 1.00 bits per heavy atom. The third-order valence-electron chi connectivity index (χ3n) is 3.02. The van der Waals surface area contributed by atoms with Crippen LogP contribution in [0.5, 0.6) is 0 Å². The van der Waals surface area contributed by atoms with Gasteiger partial charge in [-0.25, -0.2) is 0 Å². The highest BCUT2D eigenvalue weighted by Gasteiger charge is 2.04. The Labute approximate surface area is 117 Å². The SMILES string of the molecule is CC(C)=CCn1ccn(Cc2ccccc2)c(=O)c1=O. The van der Waals surface area contributed by atoms with Gasteiger partial charge in [-0.15, -0.1) is 0 Å². The van der Waals surface area contributed by atoms with Gasteiger partial charge >= 0.3 is 11.1 Å². The number of rotatable bonds is 4. The number of hydrogen-bond acceptors (Lipinski definition) is 2. The van der Waals surface area contributed by atoms with E-state index in [0.29, 0.717) is 13.1 Å². The fraction of sp³-hybridized carbons (Fsp3) is 0.250. The second-order valence-electron chi connectivity index (χ2n) is 4.96. The average molecular weight is 270 g/mol. The van der Waals surface area contributed by atoms with Crippen LogP contribution in [0.15, 0.2) is 64.0 Å². The maximum atomic E-state index is 12.0. The summed E-state index contributed by atoms with van der Waals surface area (Å²) in [6.45, 7) is 4.77. The van der Waals surface area contributed by atoms with E-state index in [1.54, 1.807) is 12.4 Å². The predicted molar refractivity (Wildman–Crippen MR) is 79.9 cm³/mol. The average Bonchev–Trinajstić information content (AvgIpc) is 2.44. The minimum Gasteiger partial charge on any atom is -0.306 e. The fourth-order valence-corrected chi connectivity index (χ4v) is 1.87. The molecule has 0 fully saturated rings. The number of benzene rings is 1.